The van der Waals surface area contributed by atoms with Crippen LogP contribution in [0, 0.1) is 19.6 Å². The van der Waals surface area contributed by atoms with Gasteiger partial charge in [-0.25, -0.2) is 4.98 Å². The highest BCUT2D eigenvalue weighted by atomic mass is 127. The van der Waals surface area contributed by atoms with Gasteiger partial charge in [-0.1, -0.05) is 25.4 Å². The average molecular weight is 618 g/mol. The van der Waals surface area contributed by atoms with Crippen LogP contribution >= 0.6 is 34.2 Å². The van der Waals surface area contributed by atoms with Crippen LogP contribution in [0.3, 0.4) is 0 Å². The van der Waals surface area contributed by atoms with Gasteiger partial charge in [0.1, 0.15) is 23.1 Å². The van der Waals surface area contributed by atoms with Crippen molar-refractivity contribution in [2.45, 2.75) is 51.4 Å². The van der Waals surface area contributed by atoms with Crippen molar-refractivity contribution in [3.05, 3.63) is 54.4 Å². The number of benzene rings is 1. The lowest BCUT2D eigenvalue weighted by Crippen LogP contribution is -2.24. The normalized spacial score (nSPS) is 21.2. The summed E-state index contributed by atoms with van der Waals surface area (Å²) in [6.45, 7) is 3.58. The third-order valence-electron chi connectivity index (χ3n) is 5.94. The van der Waals surface area contributed by atoms with Gasteiger partial charge in [0.15, 0.2) is 0 Å². The van der Waals surface area contributed by atoms with E-state index >= 15 is 0 Å². The average Bonchev–Trinajstić information content (AvgIpc) is 3.34. The van der Waals surface area contributed by atoms with Gasteiger partial charge in [-0.3, -0.25) is 10.1 Å². The van der Waals surface area contributed by atoms with Crippen LogP contribution in [0.25, 0.3) is 11.0 Å². The molecular formula is C22H25ClIN5O6. The molecule has 13 heteroatoms. The summed E-state index contributed by atoms with van der Waals surface area (Å²) >= 11 is 8.47. The lowest BCUT2D eigenvalue weighted by molar-refractivity contribution is -0.386. The van der Waals surface area contributed by atoms with Gasteiger partial charge in [0.2, 0.25) is 5.95 Å². The first-order chi connectivity index (χ1) is 16.6. The lowest BCUT2D eigenvalue weighted by Gasteiger charge is -2.22. The maximum atomic E-state index is 11.7. The van der Waals surface area contributed by atoms with Crippen molar-refractivity contribution in [1.29, 1.82) is 0 Å². The lowest BCUT2D eigenvalue weighted by atomic mass is 9.97. The molecule has 3 heterocycles. The molecule has 4 N–H and O–H groups in total. The minimum Gasteiger partial charge on any atom is -0.394 e. The number of aromatic nitrogens is 3. The van der Waals surface area contributed by atoms with E-state index in [1.165, 1.54) is 6.07 Å². The first kappa shape index (κ1) is 26.0. The third kappa shape index (κ3) is 5.22. The minimum atomic E-state index is -0.844. The Bertz CT molecular complexity index is 1250. The van der Waals surface area contributed by atoms with Crippen molar-refractivity contribution < 1.29 is 24.6 Å². The molecule has 1 saturated heterocycles. The zero-order valence-corrected chi connectivity index (χ0v) is 21.9. The molecule has 0 radical (unpaired) electrons. The number of aliphatic hydroxyl groups excluding tert-OH is 2. The molecule has 0 saturated carbocycles. The number of nitro benzene ring substituents is 1. The third-order valence-corrected chi connectivity index (χ3v) is 6.88. The van der Waals surface area contributed by atoms with Crippen LogP contribution in [0.5, 0.6) is 0 Å². The minimum absolute atomic E-state index is 0.00411. The highest BCUT2D eigenvalue weighted by Gasteiger charge is 2.36. The summed E-state index contributed by atoms with van der Waals surface area (Å²) in [7, 11) is 0. The highest BCUT2D eigenvalue weighted by Crippen LogP contribution is 2.38. The number of hydrogen-bond acceptors (Lipinski definition) is 9. The van der Waals surface area contributed by atoms with Crippen molar-refractivity contribution in [2.75, 3.05) is 12.3 Å². The van der Waals surface area contributed by atoms with Crippen LogP contribution in [0.1, 0.15) is 43.7 Å². The summed E-state index contributed by atoms with van der Waals surface area (Å²) in [5, 5.41) is 32.0. The number of nitrogens with two attached hydrogens (primary N) is 1. The second-order valence-electron chi connectivity index (χ2n) is 8.68. The predicted octanol–water partition coefficient (Wildman–Crippen LogP) is 3.73. The number of nitrogen functional groups attached to an aromatic ring is 1. The Morgan fingerprint density at radius 3 is 2.80 bits per heavy atom. The fourth-order valence-corrected chi connectivity index (χ4v) is 5.08. The molecule has 35 heavy (non-hydrogen) atoms. The Morgan fingerprint density at radius 1 is 1.43 bits per heavy atom. The highest BCUT2D eigenvalue weighted by molar-refractivity contribution is 14.1. The monoisotopic (exact) mass is 617 g/mol. The fraction of sp³-hybridized carbons (Fsp3) is 0.455. The van der Waals surface area contributed by atoms with E-state index in [0.29, 0.717) is 22.2 Å². The molecule has 4 atom stereocenters. The summed E-state index contributed by atoms with van der Waals surface area (Å²) in [6.07, 6.45) is -0.770. The molecule has 0 bridgehead atoms. The Morgan fingerprint density at radius 2 is 2.17 bits per heavy atom. The standard InChI is InChI=1S/C22H25ClIN5O6/c1-10(2)19(13-4-3-12(24)5-14(13)29(32)33)34-9-11-7-28(17-6-15(31)16(8-30)35-17)21-18(11)20(23)26-22(25)27-21/h3-5,7,10,15-17,19,30-31H,6,8-9H2,1-2H3,(H2,25,26,27)/t15-,16-,17-,19+/m1/s1. The Kier molecular flexibility index (Phi) is 7.78. The van der Waals surface area contributed by atoms with Gasteiger partial charge in [-0.05, 0) is 40.6 Å². The number of ether oxygens (including phenoxy) is 2. The molecule has 0 unspecified atom stereocenters. The van der Waals surface area contributed by atoms with Crippen LogP contribution in [0.2, 0.25) is 5.15 Å². The van der Waals surface area contributed by atoms with Crippen LogP contribution in [0.4, 0.5) is 11.6 Å². The number of hydrogen-bond donors (Lipinski definition) is 3. The van der Waals surface area contributed by atoms with Gasteiger partial charge in [0.05, 0.1) is 41.3 Å². The van der Waals surface area contributed by atoms with Crippen molar-refractivity contribution in [2.24, 2.45) is 5.92 Å². The van der Waals surface area contributed by atoms with E-state index in [-0.39, 0.29) is 42.3 Å². The van der Waals surface area contributed by atoms with Gasteiger partial charge in [-0.2, -0.15) is 4.98 Å². The van der Waals surface area contributed by atoms with Crippen molar-refractivity contribution >= 4 is 56.9 Å². The van der Waals surface area contributed by atoms with E-state index in [4.69, 9.17) is 26.8 Å². The zero-order chi connectivity index (χ0) is 25.4. The van der Waals surface area contributed by atoms with Gasteiger partial charge in [0, 0.05) is 27.8 Å². The quantitative estimate of drug-likeness (QED) is 0.148. The molecular weight excluding hydrogens is 593 g/mol. The summed E-state index contributed by atoms with van der Waals surface area (Å²) in [6, 6.07) is 5.04. The summed E-state index contributed by atoms with van der Waals surface area (Å²) in [4.78, 5) is 19.7. The molecule has 4 rings (SSSR count). The molecule has 0 spiro atoms. The fourth-order valence-electron chi connectivity index (χ4n) is 4.31. The number of rotatable bonds is 8. The molecule has 0 amide bonds. The van der Waals surface area contributed by atoms with Gasteiger partial charge >= 0.3 is 0 Å². The SMILES string of the molecule is CC(C)[C@H](OCc1cn([C@H]2C[C@@H](O)[C@@H](CO)O2)c2nc(N)nc(Cl)c12)c1ccc(I)cc1[N+](=O)[O-]. The van der Waals surface area contributed by atoms with Crippen LogP contribution in [-0.4, -0.2) is 48.5 Å². The van der Waals surface area contributed by atoms with Gasteiger partial charge in [-0.15, -0.1) is 0 Å². The molecule has 1 aliphatic rings. The Hall–Kier alpha value is -2.10. The van der Waals surface area contributed by atoms with E-state index in [9.17, 15) is 20.3 Å². The molecule has 3 aromatic rings. The smallest absolute Gasteiger partial charge is 0.276 e. The number of aliphatic hydroxyl groups is 2. The van der Waals surface area contributed by atoms with Crippen LogP contribution in [-0.2, 0) is 16.1 Å². The van der Waals surface area contributed by atoms with E-state index in [1.54, 1.807) is 22.9 Å². The molecule has 11 nitrogen and oxygen atoms in total. The first-order valence-electron chi connectivity index (χ1n) is 10.9. The number of fused-ring (bicyclic) bond motifs is 1. The molecule has 188 valence electrons. The predicted molar refractivity (Wildman–Crippen MR) is 137 cm³/mol. The summed E-state index contributed by atoms with van der Waals surface area (Å²) in [5.74, 6) is -0.0933. The van der Waals surface area contributed by atoms with E-state index in [1.807, 2.05) is 36.4 Å². The van der Waals surface area contributed by atoms with Crippen molar-refractivity contribution in [3.8, 4) is 0 Å². The maximum Gasteiger partial charge on any atom is 0.276 e. The van der Waals surface area contributed by atoms with Gasteiger partial charge < -0.3 is 30.0 Å². The Labute approximate surface area is 219 Å². The molecule has 1 fully saturated rings. The maximum absolute atomic E-state index is 11.7. The summed E-state index contributed by atoms with van der Waals surface area (Å²) < 4.78 is 14.5. The second kappa shape index (κ2) is 10.5. The number of anilines is 1. The second-order valence-corrected chi connectivity index (χ2v) is 10.3. The van der Waals surface area contributed by atoms with E-state index in [2.05, 4.69) is 9.97 Å². The molecule has 0 aliphatic carbocycles. The van der Waals surface area contributed by atoms with Gasteiger partial charge in [0.25, 0.3) is 5.69 Å². The van der Waals surface area contributed by atoms with Crippen molar-refractivity contribution in [1.82, 2.24) is 14.5 Å². The van der Waals surface area contributed by atoms with Crippen LogP contribution in [0.15, 0.2) is 24.4 Å². The number of nitro groups is 1. The van der Waals surface area contributed by atoms with E-state index in [0.717, 1.165) is 3.57 Å². The van der Waals surface area contributed by atoms with Crippen LogP contribution < -0.4 is 5.73 Å². The Balaban J connectivity index is 1.71. The number of nitrogens with zero attached hydrogens (tertiary/aromatic N) is 4. The van der Waals surface area contributed by atoms with E-state index < -0.39 is 29.5 Å². The topological polar surface area (TPSA) is 159 Å². The zero-order valence-electron chi connectivity index (χ0n) is 19.0. The molecule has 1 aliphatic heterocycles. The summed E-state index contributed by atoms with van der Waals surface area (Å²) in [5.41, 5.74) is 7.34. The largest absolute Gasteiger partial charge is 0.394 e. The molecule has 1 aromatic carbocycles. The first-order valence-corrected chi connectivity index (χ1v) is 12.4. The molecule has 2 aromatic heterocycles. The van der Waals surface area contributed by atoms with Crippen molar-refractivity contribution in [3.63, 3.8) is 0 Å². The number of halogens is 2.